The monoisotopic (exact) mass is 378 g/mol. The second-order valence-corrected chi connectivity index (χ2v) is 7.93. The van der Waals surface area contributed by atoms with Gasteiger partial charge in [0.1, 0.15) is 0 Å². The van der Waals surface area contributed by atoms with Crippen molar-refractivity contribution in [2.45, 2.75) is 6.92 Å². The number of nitrogens with one attached hydrogen (secondary N) is 1. The number of amides is 3. The first-order valence-corrected chi connectivity index (χ1v) is 9.75. The molecule has 1 N–H and O–H groups in total. The Morgan fingerprint density at radius 2 is 2.08 bits per heavy atom. The van der Waals surface area contributed by atoms with Crippen molar-refractivity contribution >= 4 is 57.6 Å². The first-order chi connectivity index (χ1) is 11.6. The molecule has 3 amide bonds. The van der Waals surface area contributed by atoms with Crippen LogP contribution < -0.4 is 5.32 Å². The van der Waals surface area contributed by atoms with Crippen LogP contribution in [0.15, 0.2) is 33.9 Å². The summed E-state index contributed by atoms with van der Waals surface area (Å²) in [6.07, 6.45) is 1.73. The van der Waals surface area contributed by atoms with Gasteiger partial charge in [0.05, 0.1) is 9.78 Å². The van der Waals surface area contributed by atoms with E-state index in [0.29, 0.717) is 9.78 Å². The van der Waals surface area contributed by atoms with Crippen LogP contribution >= 0.6 is 34.4 Å². The largest absolute Gasteiger partial charge is 0.350 e. The van der Waals surface area contributed by atoms with E-state index in [0.717, 1.165) is 22.2 Å². The lowest BCUT2D eigenvalue weighted by Crippen LogP contribution is -2.37. The summed E-state index contributed by atoms with van der Waals surface area (Å²) in [5.74, 6) is -0.483. The number of hydrogen-bond donors (Lipinski definition) is 1. The fraction of sp³-hybridized carbons (Fsp3) is 0.188. The van der Waals surface area contributed by atoms with Gasteiger partial charge in [-0.25, -0.2) is 0 Å². The molecule has 0 saturated carbocycles. The Bertz CT molecular complexity index is 808. The minimum absolute atomic E-state index is 0.169. The quantitative estimate of drug-likeness (QED) is 0.808. The van der Waals surface area contributed by atoms with E-state index < -0.39 is 0 Å². The average molecular weight is 379 g/mol. The van der Waals surface area contributed by atoms with E-state index >= 15 is 0 Å². The Morgan fingerprint density at radius 3 is 2.75 bits per heavy atom. The lowest BCUT2D eigenvalue weighted by atomic mass is 10.3. The molecule has 0 bridgehead atoms. The lowest BCUT2D eigenvalue weighted by molar-refractivity contribution is -0.122. The Morgan fingerprint density at radius 1 is 1.25 bits per heavy atom. The third-order valence-corrected chi connectivity index (χ3v) is 6.12. The molecule has 1 fully saturated rings. The van der Waals surface area contributed by atoms with E-state index in [-0.39, 0.29) is 30.1 Å². The summed E-state index contributed by atoms with van der Waals surface area (Å²) in [4.78, 5) is 39.5. The zero-order valence-corrected chi connectivity index (χ0v) is 15.2. The maximum absolute atomic E-state index is 12.3. The molecule has 124 valence electrons. The Hall–Kier alpha value is -1.90. The molecule has 0 atom stereocenters. The minimum Gasteiger partial charge on any atom is -0.350 e. The average Bonchev–Trinajstić information content (AvgIpc) is 3.25. The van der Waals surface area contributed by atoms with Gasteiger partial charge < -0.3 is 5.32 Å². The summed E-state index contributed by atoms with van der Waals surface area (Å²) in [5.41, 5.74) is 0.919. The van der Waals surface area contributed by atoms with Gasteiger partial charge in [0.2, 0.25) is 0 Å². The van der Waals surface area contributed by atoms with E-state index in [1.807, 2.05) is 35.9 Å². The van der Waals surface area contributed by atoms with Crippen LogP contribution in [0.25, 0.3) is 6.08 Å². The number of thioether (sulfide) groups is 1. The van der Waals surface area contributed by atoms with E-state index in [4.69, 9.17) is 0 Å². The molecule has 0 unspecified atom stereocenters. The Labute approximate surface area is 151 Å². The Balaban J connectivity index is 1.58. The van der Waals surface area contributed by atoms with Crippen LogP contribution in [0.2, 0.25) is 0 Å². The highest BCUT2D eigenvalue weighted by atomic mass is 32.2. The second kappa shape index (κ2) is 7.33. The topological polar surface area (TPSA) is 66.5 Å². The predicted octanol–water partition coefficient (Wildman–Crippen LogP) is 3.58. The van der Waals surface area contributed by atoms with E-state index in [1.165, 1.54) is 27.6 Å². The van der Waals surface area contributed by atoms with Crippen LogP contribution in [0.3, 0.4) is 0 Å². The third kappa shape index (κ3) is 3.61. The van der Waals surface area contributed by atoms with Crippen molar-refractivity contribution in [2.24, 2.45) is 0 Å². The van der Waals surface area contributed by atoms with Crippen molar-refractivity contribution in [3.63, 3.8) is 0 Å². The number of carbonyl (C=O) groups excluding carboxylic acids is 3. The van der Waals surface area contributed by atoms with Crippen LogP contribution in [0.1, 0.15) is 20.1 Å². The molecule has 24 heavy (non-hydrogen) atoms. The summed E-state index contributed by atoms with van der Waals surface area (Å²) in [6.45, 7) is 2.28. The van der Waals surface area contributed by atoms with Crippen molar-refractivity contribution in [1.82, 2.24) is 10.2 Å². The molecule has 0 radical (unpaired) electrons. The van der Waals surface area contributed by atoms with Crippen molar-refractivity contribution < 1.29 is 14.4 Å². The van der Waals surface area contributed by atoms with E-state index in [9.17, 15) is 14.4 Å². The first kappa shape index (κ1) is 16.9. The smallest absolute Gasteiger partial charge is 0.293 e. The highest BCUT2D eigenvalue weighted by molar-refractivity contribution is 8.18. The van der Waals surface area contributed by atoms with Crippen molar-refractivity contribution in [1.29, 1.82) is 0 Å². The SMILES string of the molecule is Cc1ccsc1C(=O)NCCN1C(=O)S/C(=C\c2cccs2)C1=O. The maximum Gasteiger partial charge on any atom is 0.293 e. The molecule has 5 nitrogen and oxygen atoms in total. The van der Waals surface area contributed by atoms with Crippen molar-refractivity contribution in [2.75, 3.05) is 13.1 Å². The molecule has 3 heterocycles. The maximum atomic E-state index is 12.3. The second-order valence-electron chi connectivity index (χ2n) is 5.04. The van der Waals surface area contributed by atoms with E-state index in [1.54, 1.807) is 6.08 Å². The molecule has 8 heteroatoms. The van der Waals surface area contributed by atoms with Crippen molar-refractivity contribution in [3.8, 4) is 0 Å². The summed E-state index contributed by atoms with van der Waals surface area (Å²) in [7, 11) is 0. The molecule has 0 aliphatic carbocycles. The molecule has 3 rings (SSSR count). The standard InChI is InChI=1S/C16H14N2O3S3/c1-10-4-8-23-13(10)14(19)17-5-6-18-15(20)12(24-16(18)21)9-11-3-2-7-22-11/h2-4,7-9H,5-6H2,1H3,(H,17,19)/b12-9-. The molecule has 0 spiro atoms. The first-order valence-electron chi connectivity index (χ1n) is 7.17. The van der Waals surface area contributed by atoms with Gasteiger partial charge in [-0.1, -0.05) is 6.07 Å². The van der Waals surface area contributed by atoms with Crippen LogP contribution in [-0.2, 0) is 4.79 Å². The number of hydrogen-bond acceptors (Lipinski definition) is 6. The van der Waals surface area contributed by atoms with Crippen LogP contribution in [-0.4, -0.2) is 35.0 Å². The number of imide groups is 1. The van der Waals surface area contributed by atoms with E-state index in [2.05, 4.69) is 5.32 Å². The molecular formula is C16H14N2O3S3. The highest BCUT2D eigenvalue weighted by Gasteiger charge is 2.34. The summed E-state index contributed by atoms with van der Waals surface area (Å²) < 4.78 is 0. The zero-order valence-electron chi connectivity index (χ0n) is 12.8. The van der Waals surface area contributed by atoms with Gasteiger partial charge in [-0.2, -0.15) is 0 Å². The minimum atomic E-state index is -0.306. The van der Waals surface area contributed by atoms with Gasteiger partial charge in [-0.05, 0) is 53.2 Å². The number of nitrogens with zero attached hydrogens (tertiary/aromatic N) is 1. The Kier molecular flexibility index (Phi) is 5.17. The van der Waals surface area contributed by atoms with Gasteiger partial charge in [0.15, 0.2) is 0 Å². The fourth-order valence-corrected chi connectivity index (χ4v) is 4.59. The van der Waals surface area contributed by atoms with Crippen LogP contribution in [0.5, 0.6) is 0 Å². The number of rotatable bonds is 5. The summed E-state index contributed by atoms with van der Waals surface area (Å²) in [5, 5.41) is 6.22. The summed E-state index contributed by atoms with van der Waals surface area (Å²) >= 11 is 3.81. The third-order valence-electron chi connectivity index (χ3n) is 3.38. The molecule has 2 aromatic rings. The van der Waals surface area contributed by atoms with Crippen LogP contribution in [0.4, 0.5) is 4.79 Å². The number of carbonyl (C=O) groups is 3. The highest BCUT2D eigenvalue weighted by Crippen LogP contribution is 2.32. The molecule has 0 aromatic carbocycles. The zero-order chi connectivity index (χ0) is 17.1. The number of thiophene rings is 2. The summed E-state index contributed by atoms with van der Waals surface area (Å²) in [6, 6.07) is 5.66. The normalized spacial score (nSPS) is 16.2. The molecule has 1 aliphatic rings. The van der Waals surface area contributed by atoms with Crippen LogP contribution in [0, 0.1) is 6.92 Å². The molecular weight excluding hydrogens is 364 g/mol. The number of aryl methyl sites for hydroxylation is 1. The predicted molar refractivity (Wildman–Crippen MR) is 98.4 cm³/mol. The van der Waals surface area contributed by atoms with Gasteiger partial charge in [0.25, 0.3) is 17.1 Å². The fourth-order valence-electron chi connectivity index (χ4n) is 2.16. The molecule has 1 aliphatic heterocycles. The molecule has 1 saturated heterocycles. The van der Waals surface area contributed by atoms with Gasteiger partial charge >= 0.3 is 0 Å². The van der Waals surface area contributed by atoms with Gasteiger partial charge in [-0.3, -0.25) is 19.3 Å². The molecule has 2 aromatic heterocycles. The van der Waals surface area contributed by atoms with Crippen molar-refractivity contribution in [3.05, 3.63) is 49.2 Å². The van der Waals surface area contributed by atoms with Gasteiger partial charge in [-0.15, -0.1) is 22.7 Å². The lowest BCUT2D eigenvalue weighted by Gasteiger charge is -2.12. The van der Waals surface area contributed by atoms with Gasteiger partial charge in [0, 0.05) is 18.0 Å².